The second-order valence-corrected chi connectivity index (χ2v) is 4.38. The third-order valence-corrected chi connectivity index (χ3v) is 3.15. The first-order valence-electron chi connectivity index (χ1n) is 4.78. The third kappa shape index (κ3) is 1.15. The Kier molecular flexibility index (Phi) is 1.64. The van der Waals surface area contributed by atoms with Gasteiger partial charge >= 0.3 is 0 Å². The summed E-state index contributed by atoms with van der Waals surface area (Å²) >= 11 is 5.91. The van der Waals surface area contributed by atoms with E-state index in [1.807, 2.05) is 12.1 Å². The topological polar surface area (TPSA) is 41.8 Å². The standard InChI is InChI=1S/C11H11ClN2/c12-6-1-2-7-9(8-4-10(8)13)5-14-11(7)3-6/h1-3,5,8,10,14H,4,13H2/t8-,10+/m0/s1. The zero-order valence-corrected chi connectivity index (χ0v) is 8.38. The van der Waals surface area contributed by atoms with E-state index in [9.17, 15) is 0 Å². The van der Waals surface area contributed by atoms with Crippen LogP contribution in [0, 0.1) is 0 Å². The molecule has 14 heavy (non-hydrogen) atoms. The van der Waals surface area contributed by atoms with E-state index >= 15 is 0 Å². The summed E-state index contributed by atoms with van der Waals surface area (Å²) in [4.78, 5) is 3.23. The van der Waals surface area contributed by atoms with Crippen molar-refractivity contribution in [2.45, 2.75) is 18.4 Å². The van der Waals surface area contributed by atoms with Crippen LogP contribution < -0.4 is 5.73 Å². The van der Waals surface area contributed by atoms with Gasteiger partial charge in [-0.2, -0.15) is 0 Å². The molecule has 0 spiro atoms. The van der Waals surface area contributed by atoms with E-state index in [-0.39, 0.29) is 0 Å². The normalized spacial score (nSPS) is 25.6. The van der Waals surface area contributed by atoms with Gasteiger partial charge in [0.2, 0.25) is 0 Å². The first-order chi connectivity index (χ1) is 6.75. The molecule has 3 N–H and O–H groups in total. The van der Waals surface area contributed by atoms with Crippen molar-refractivity contribution >= 4 is 22.5 Å². The average molecular weight is 207 g/mol. The van der Waals surface area contributed by atoms with Crippen molar-refractivity contribution in [3.8, 4) is 0 Å². The minimum absolute atomic E-state index is 0.352. The number of benzene rings is 1. The summed E-state index contributed by atoms with van der Waals surface area (Å²) in [5.41, 5.74) is 8.28. The fourth-order valence-electron chi connectivity index (χ4n) is 2.00. The van der Waals surface area contributed by atoms with Crippen LogP contribution in [0.3, 0.4) is 0 Å². The lowest BCUT2D eigenvalue weighted by molar-refractivity contribution is 0.997. The monoisotopic (exact) mass is 206 g/mol. The van der Waals surface area contributed by atoms with Crippen molar-refractivity contribution in [1.82, 2.24) is 4.98 Å². The largest absolute Gasteiger partial charge is 0.361 e. The molecule has 2 nitrogen and oxygen atoms in total. The van der Waals surface area contributed by atoms with Crippen LogP contribution >= 0.6 is 11.6 Å². The van der Waals surface area contributed by atoms with Crippen LogP contribution in [0.5, 0.6) is 0 Å². The highest BCUT2D eigenvalue weighted by atomic mass is 35.5. The fraction of sp³-hybridized carbons (Fsp3) is 0.273. The molecule has 0 bridgehead atoms. The van der Waals surface area contributed by atoms with Crippen LogP contribution in [0.4, 0.5) is 0 Å². The Morgan fingerprint density at radius 3 is 2.93 bits per heavy atom. The van der Waals surface area contributed by atoms with Gasteiger partial charge in [0.1, 0.15) is 0 Å². The highest BCUT2D eigenvalue weighted by Crippen LogP contribution is 2.42. The summed E-state index contributed by atoms with van der Waals surface area (Å²) in [6, 6.07) is 6.29. The SMILES string of the molecule is N[C@@H]1C[C@H]1c1c[nH]c2cc(Cl)ccc12. The molecule has 3 rings (SSSR count). The summed E-state index contributed by atoms with van der Waals surface area (Å²) in [5.74, 6) is 0.546. The van der Waals surface area contributed by atoms with E-state index in [4.69, 9.17) is 17.3 Å². The molecule has 0 aliphatic heterocycles. The molecule has 1 aromatic heterocycles. The van der Waals surface area contributed by atoms with Gasteiger partial charge in [0.05, 0.1) is 0 Å². The van der Waals surface area contributed by atoms with Crippen molar-refractivity contribution in [3.63, 3.8) is 0 Å². The zero-order chi connectivity index (χ0) is 9.71. The van der Waals surface area contributed by atoms with Crippen LogP contribution in [0.1, 0.15) is 17.9 Å². The van der Waals surface area contributed by atoms with Crippen LogP contribution in [0.15, 0.2) is 24.4 Å². The van der Waals surface area contributed by atoms with Crippen molar-refractivity contribution in [2.75, 3.05) is 0 Å². The molecule has 0 radical (unpaired) electrons. The molecule has 72 valence electrons. The Morgan fingerprint density at radius 2 is 2.21 bits per heavy atom. The maximum absolute atomic E-state index is 5.91. The molecule has 1 fully saturated rings. The van der Waals surface area contributed by atoms with Crippen LogP contribution in [-0.2, 0) is 0 Å². The van der Waals surface area contributed by atoms with Crippen molar-refractivity contribution in [3.05, 3.63) is 35.0 Å². The summed E-state index contributed by atoms with van der Waals surface area (Å²) in [6.45, 7) is 0. The Balaban J connectivity index is 2.17. The van der Waals surface area contributed by atoms with E-state index in [1.54, 1.807) is 0 Å². The molecule has 0 amide bonds. The third-order valence-electron chi connectivity index (χ3n) is 2.92. The Bertz CT molecular complexity index is 489. The van der Waals surface area contributed by atoms with Crippen molar-refractivity contribution in [1.29, 1.82) is 0 Å². The molecular weight excluding hydrogens is 196 g/mol. The van der Waals surface area contributed by atoms with E-state index < -0.39 is 0 Å². The molecule has 1 aliphatic carbocycles. The van der Waals surface area contributed by atoms with Gasteiger partial charge in [-0.25, -0.2) is 0 Å². The van der Waals surface area contributed by atoms with Gasteiger partial charge in [0, 0.05) is 34.1 Å². The minimum atomic E-state index is 0.352. The number of hydrogen-bond donors (Lipinski definition) is 2. The van der Waals surface area contributed by atoms with Crippen molar-refractivity contribution < 1.29 is 0 Å². The second-order valence-electron chi connectivity index (χ2n) is 3.94. The molecule has 1 aliphatic rings. The van der Waals surface area contributed by atoms with Crippen molar-refractivity contribution in [2.24, 2.45) is 5.73 Å². The van der Waals surface area contributed by atoms with Crippen LogP contribution in [-0.4, -0.2) is 11.0 Å². The first-order valence-corrected chi connectivity index (χ1v) is 5.15. The number of hydrogen-bond acceptors (Lipinski definition) is 1. The minimum Gasteiger partial charge on any atom is -0.361 e. The zero-order valence-electron chi connectivity index (χ0n) is 7.63. The fourth-order valence-corrected chi connectivity index (χ4v) is 2.17. The Labute approximate surface area is 87.1 Å². The number of halogens is 1. The van der Waals surface area contributed by atoms with Gasteiger partial charge in [-0.15, -0.1) is 0 Å². The number of nitrogens with one attached hydrogen (secondary N) is 1. The summed E-state index contributed by atoms with van der Waals surface area (Å²) in [5, 5.41) is 2.03. The maximum atomic E-state index is 5.91. The van der Waals surface area contributed by atoms with Gasteiger partial charge in [-0.1, -0.05) is 17.7 Å². The van der Waals surface area contributed by atoms with Gasteiger partial charge in [0.15, 0.2) is 0 Å². The Morgan fingerprint density at radius 1 is 1.43 bits per heavy atom. The number of fused-ring (bicyclic) bond motifs is 1. The molecule has 0 saturated heterocycles. The van der Waals surface area contributed by atoms with Gasteiger partial charge < -0.3 is 10.7 Å². The lowest BCUT2D eigenvalue weighted by atomic mass is 10.1. The van der Waals surface area contributed by atoms with Gasteiger partial charge in [-0.3, -0.25) is 0 Å². The lowest BCUT2D eigenvalue weighted by Gasteiger charge is -1.95. The Hall–Kier alpha value is -0.990. The number of nitrogens with two attached hydrogens (primary N) is 1. The van der Waals surface area contributed by atoms with Crippen LogP contribution in [0.2, 0.25) is 5.02 Å². The number of aromatic amines is 1. The second kappa shape index (κ2) is 2.75. The average Bonchev–Trinajstić information content (AvgIpc) is 2.75. The molecule has 1 heterocycles. The van der Waals surface area contributed by atoms with E-state index in [0.29, 0.717) is 12.0 Å². The maximum Gasteiger partial charge on any atom is 0.0471 e. The highest BCUT2D eigenvalue weighted by molar-refractivity contribution is 6.31. The van der Waals surface area contributed by atoms with Gasteiger partial charge in [-0.05, 0) is 24.1 Å². The van der Waals surface area contributed by atoms with Crippen LogP contribution in [0.25, 0.3) is 10.9 Å². The summed E-state index contributed by atoms with van der Waals surface area (Å²) in [6.07, 6.45) is 3.16. The molecular formula is C11H11ClN2. The number of aromatic nitrogens is 1. The summed E-state index contributed by atoms with van der Waals surface area (Å²) < 4.78 is 0. The number of H-pyrrole nitrogens is 1. The predicted molar refractivity (Wildman–Crippen MR) is 58.6 cm³/mol. The van der Waals surface area contributed by atoms with Gasteiger partial charge in [0.25, 0.3) is 0 Å². The predicted octanol–water partition coefficient (Wildman–Crippen LogP) is 2.64. The highest BCUT2D eigenvalue weighted by Gasteiger charge is 2.36. The smallest absolute Gasteiger partial charge is 0.0471 e. The van der Waals surface area contributed by atoms with E-state index in [2.05, 4.69) is 17.2 Å². The molecule has 2 aromatic rings. The first kappa shape index (κ1) is 8.33. The molecule has 3 heteroatoms. The van der Waals surface area contributed by atoms with E-state index in [1.165, 1.54) is 10.9 Å². The molecule has 2 atom stereocenters. The summed E-state index contributed by atoms with van der Waals surface area (Å²) in [7, 11) is 0. The lowest BCUT2D eigenvalue weighted by Crippen LogP contribution is -2.00. The number of rotatable bonds is 1. The molecule has 0 unspecified atom stereocenters. The molecule has 1 aromatic carbocycles. The van der Waals surface area contributed by atoms with E-state index in [0.717, 1.165) is 17.0 Å². The molecule has 1 saturated carbocycles. The quantitative estimate of drug-likeness (QED) is 0.740.